The van der Waals surface area contributed by atoms with Crippen LogP contribution in [0.4, 0.5) is 4.39 Å². The van der Waals surface area contributed by atoms with Crippen molar-refractivity contribution in [1.82, 2.24) is 14.5 Å². The Labute approximate surface area is 181 Å². The molecule has 1 aliphatic rings. The number of hydrogen-bond acceptors (Lipinski definition) is 11. The third kappa shape index (κ3) is 5.60. The van der Waals surface area contributed by atoms with Crippen LogP contribution in [0.2, 0.25) is 5.15 Å². The second-order valence-corrected chi connectivity index (χ2v) is 11.0. The fourth-order valence-electron chi connectivity index (χ4n) is 2.71. The van der Waals surface area contributed by atoms with E-state index in [0.29, 0.717) is 5.39 Å². The Morgan fingerprint density at radius 3 is 2.44 bits per heavy atom. The van der Waals surface area contributed by atoms with Gasteiger partial charge in [0.2, 0.25) is 0 Å². The number of aliphatic hydroxyl groups is 2. The number of fused-ring (bicyclic) bond motifs is 1. The minimum atomic E-state index is -5.84. The number of phosphoric acid groups is 3. The predicted octanol–water partition coefficient (Wildman–Crippen LogP) is 0.344. The molecule has 0 aliphatic carbocycles. The lowest BCUT2D eigenvalue weighted by Gasteiger charge is -2.24. The van der Waals surface area contributed by atoms with Crippen molar-refractivity contribution in [2.75, 3.05) is 6.61 Å². The van der Waals surface area contributed by atoms with Crippen molar-refractivity contribution >= 4 is 46.1 Å². The molecule has 0 amide bonds. The molecule has 32 heavy (non-hydrogen) atoms. The van der Waals surface area contributed by atoms with Gasteiger partial charge in [-0.1, -0.05) is 11.6 Å². The summed E-state index contributed by atoms with van der Waals surface area (Å²) in [5, 5.41) is 20.6. The molecule has 1 saturated heterocycles. The SMILES string of the molecule is O=P(O)(O)OP(=O)(O)OP(=O)(O)OC[C@@]1(F)O[C@@H](n2ccc3c(Cl)ncnc32)[C@H](O)[C@@H]1O. The first-order chi connectivity index (χ1) is 14.5. The van der Waals surface area contributed by atoms with Crippen LogP contribution in [0.25, 0.3) is 11.0 Å². The summed E-state index contributed by atoms with van der Waals surface area (Å²) >= 11 is 5.90. The van der Waals surface area contributed by atoms with E-state index in [4.69, 9.17) is 31.0 Å². The van der Waals surface area contributed by atoms with Gasteiger partial charge in [0, 0.05) is 6.20 Å². The molecule has 180 valence electrons. The molecule has 1 fully saturated rings. The molecule has 0 radical (unpaired) electrons. The van der Waals surface area contributed by atoms with E-state index in [9.17, 15) is 28.8 Å². The van der Waals surface area contributed by atoms with Gasteiger partial charge < -0.3 is 39.1 Å². The molecule has 1 aliphatic heterocycles. The fraction of sp³-hybridized carbons (Fsp3) is 0.455. The summed E-state index contributed by atoms with van der Waals surface area (Å²) in [4.78, 5) is 43.1. The molecule has 16 nitrogen and oxygen atoms in total. The van der Waals surface area contributed by atoms with Gasteiger partial charge >= 0.3 is 23.5 Å². The quantitative estimate of drug-likeness (QED) is 0.194. The van der Waals surface area contributed by atoms with Gasteiger partial charge in [-0.05, 0) is 6.07 Å². The van der Waals surface area contributed by atoms with Crippen molar-refractivity contribution in [3.63, 3.8) is 0 Å². The number of hydrogen-bond donors (Lipinski definition) is 6. The number of aliphatic hydroxyl groups excluding tert-OH is 2. The average molecular weight is 544 g/mol. The third-order valence-electron chi connectivity index (χ3n) is 3.95. The van der Waals surface area contributed by atoms with E-state index in [0.717, 1.165) is 10.9 Å². The molecule has 0 bridgehead atoms. The van der Waals surface area contributed by atoms with Crippen molar-refractivity contribution in [3.8, 4) is 0 Å². The Morgan fingerprint density at radius 2 is 1.81 bits per heavy atom. The predicted molar refractivity (Wildman–Crippen MR) is 98.3 cm³/mol. The molecule has 2 aromatic rings. The van der Waals surface area contributed by atoms with E-state index >= 15 is 4.39 Å². The van der Waals surface area contributed by atoms with Crippen LogP contribution in [0, 0.1) is 0 Å². The maximum absolute atomic E-state index is 15.1. The summed E-state index contributed by atoms with van der Waals surface area (Å²) in [5.74, 6) is -3.36. The zero-order valence-corrected chi connectivity index (χ0v) is 18.6. The smallest absolute Gasteiger partial charge is 0.385 e. The first-order valence-corrected chi connectivity index (χ1v) is 12.9. The Kier molecular flexibility index (Phi) is 7.02. The summed E-state index contributed by atoms with van der Waals surface area (Å²) in [7, 11) is -17.2. The van der Waals surface area contributed by atoms with Crippen LogP contribution >= 0.6 is 35.1 Å². The molecule has 0 spiro atoms. The zero-order chi connectivity index (χ0) is 24.1. The van der Waals surface area contributed by atoms with Crippen LogP contribution in [-0.2, 0) is 31.6 Å². The number of rotatable bonds is 8. The van der Waals surface area contributed by atoms with Crippen molar-refractivity contribution in [3.05, 3.63) is 23.7 Å². The number of phosphoric ester groups is 1. The van der Waals surface area contributed by atoms with Crippen molar-refractivity contribution in [2.45, 2.75) is 24.3 Å². The highest BCUT2D eigenvalue weighted by Gasteiger charge is 2.57. The highest BCUT2D eigenvalue weighted by Crippen LogP contribution is 2.66. The summed E-state index contributed by atoms with van der Waals surface area (Å²) in [6, 6.07) is 1.41. The molecule has 6 N–H and O–H groups in total. The lowest BCUT2D eigenvalue weighted by Crippen LogP contribution is -2.42. The van der Waals surface area contributed by atoms with Crippen molar-refractivity contribution < 1.29 is 65.8 Å². The number of halogens is 2. The minimum absolute atomic E-state index is 0.0287. The van der Waals surface area contributed by atoms with Crippen LogP contribution in [0.1, 0.15) is 6.23 Å². The first-order valence-electron chi connectivity index (χ1n) is 8.02. The zero-order valence-electron chi connectivity index (χ0n) is 15.2. The lowest BCUT2D eigenvalue weighted by atomic mass is 10.1. The molecular formula is C11H14ClFN3O13P3. The Hall–Kier alpha value is -0.870. The molecule has 2 unspecified atom stereocenters. The highest BCUT2D eigenvalue weighted by molar-refractivity contribution is 7.66. The van der Waals surface area contributed by atoms with E-state index in [-0.39, 0.29) is 10.8 Å². The second-order valence-electron chi connectivity index (χ2n) is 6.22. The maximum Gasteiger partial charge on any atom is 0.490 e. The molecule has 21 heteroatoms. The van der Waals surface area contributed by atoms with Gasteiger partial charge in [0.1, 0.15) is 35.9 Å². The van der Waals surface area contributed by atoms with Gasteiger partial charge in [-0.25, -0.2) is 28.1 Å². The van der Waals surface area contributed by atoms with Gasteiger partial charge in [0.25, 0.3) is 5.85 Å². The summed E-state index contributed by atoms with van der Waals surface area (Å²) in [6.07, 6.45) is -3.62. The lowest BCUT2D eigenvalue weighted by molar-refractivity contribution is -0.203. The molecule has 2 aromatic heterocycles. The molecule has 6 atom stereocenters. The van der Waals surface area contributed by atoms with Crippen LogP contribution in [0.5, 0.6) is 0 Å². The number of alkyl halides is 1. The molecular weight excluding hydrogens is 530 g/mol. The van der Waals surface area contributed by atoms with Gasteiger partial charge in [-0.2, -0.15) is 8.62 Å². The minimum Gasteiger partial charge on any atom is -0.385 e. The Bertz CT molecular complexity index is 1160. The molecule has 0 saturated carbocycles. The van der Waals surface area contributed by atoms with Crippen molar-refractivity contribution in [1.29, 1.82) is 0 Å². The monoisotopic (exact) mass is 543 g/mol. The topological polar surface area (TPSA) is 240 Å². The standard InChI is InChI=1S/C11H14ClFN3O13P3/c12-8-5-1-2-16(9(5)15-4-14-8)10-6(17)7(18)11(13,27-10)3-26-31(22,23)29-32(24,25)28-30(19,20)21/h1-2,4,6-7,10,17-18H,3H2,(H,22,23)(H,24,25)(H2,19,20,21)/t6-,7+,10-,11-/m1/s1. The second kappa shape index (κ2) is 8.73. The van der Waals surface area contributed by atoms with Gasteiger partial charge in [-0.3, -0.25) is 4.52 Å². The van der Waals surface area contributed by atoms with E-state index in [2.05, 4.69) is 23.1 Å². The first kappa shape index (κ1) is 25.7. The van der Waals surface area contributed by atoms with Crippen LogP contribution < -0.4 is 0 Å². The number of nitrogens with zero attached hydrogens (tertiary/aromatic N) is 3. The fourth-order valence-corrected chi connectivity index (χ4v) is 5.94. The van der Waals surface area contributed by atoms with Gasteiger partial charge in [0.05, 0.1) is 5.39 Å². The summed E-state index contributed by atoms with van der Waals surface area (Å²) in [5.41, 5.74) is 0.0818. The van der Waals surface area contributed by atoms with Crippen molar-refractivity contribution in [2.24, 2.45) is 0 Å². The number of aromatic nitrogens is 3. The van der Waals surface area contributed by atoms with E-state index in [1.165, 1.54) is 12.3 Å². The van der Waals surface area contributed by atoms with Crippen LogP contribution in [0.15, 0.2) is 18.6 Å². The largest absolute Gasteiger partial charge is 0.490 e. The molecule has 3 rings (SSSR count). The summed E-state index contributed by atoms with van der Waals surface area (Å²) in [6.45, 7) is -1.64. The molecule has 3 heterocycles. The van der Waals surface area contributed by atoms with E-state index in [1.54, 1.807) is 0 Å². The normalized spacial score (nSPS) is 30.3. The Balaban J connectivity index is 1.76. The molecule has 0 aromatic carbocycles. The Morgan fingerprint density at radius 1 is 1.16 bits per heavy atom. The highest BCUT2D eigenvalue weighted by atomic mass is 35.5. The van der Waals surface area contributed by atoms with Gasteiger partial charge in [0.15, 0.2) is 6.23 Å². The average Bonchev–Trinajstić information content (AvgIpc) is 3.14. The van der Waals surface area contributed by atoms with E-state index in [1.807, 2.05) is 0 Å². The van der Waals surface area contributed by atoms with E-state index < -0.39 is 54.4 Å². The maximum atomic E-state index is 15.1. The van der Waals surface area contributed by atoms with Crippen LogP contribution in [0.3, 0.4) is 0 Å². The third-order valence-corrected chi connectivity index (χ3v) is 8.03. The van der Waals surface area contributed by atoms with Gasteiger partial charge in [-0.15, -0.1) is 0 Å². The van der Waals surface area contributed by atoms with Crippen LogP contribution in [-0.4, -0.2) is 69.0 Å². The summed E-state index contributed by atoms with van der Waals surface area (Å²) < 4.78 is 66.0. The number of ether oxygens (including phenoxy) is 1.